The van der Waals surface area contributed by atoms with Crippen molar-refractivity contribution in [3.8, 4) is 0 Å². The largest absolute Gasteiger partial charge is 0.480 e. The minimum absolute atomic E-state index is 0.00442. The number of nitrogens with one attached hydrogen (secondary N) is 3. The average Bonchev–Trinajstić information content (AvgIpc) is 2.79. The zero-order valence-corrected chi connectivity index (χ0v) is 22.2. The van der Waals surface area contributed by atoms with E-state index >= 15 is 0 Å². The lowest BCUT2D eigenvalue weighted by Gasteiger charge is -2.26. The molecule has 0 bridgehead atoms. The number of aliphatic imine (C=N–C) groups is 2. The van der Waals surface area contributed by atoms with E-state index < -0.39 is 54.0 Å². The van der Waals surface area contributed by atoms with Gasteiger partial charge >= 0.3 is 5.97 Å². The van der Waals surface area contributed by atoms with Crippen LogP contribution in [0.1, 0.15) is 52.9 Å². The highest BCUT2D eigenvalue weighted by molar-refractivity contribution is 5.94. The summed E-state index contributed by atoms with van der Waals surface area (Å²) in [7, 11) is 0. The molecule has 0 saturated heterocycles. The van der Waals surface area contributed by atoms with Crippen molar-refractivity contribution in [2.24, 2.45) is 44.6 Å². The van der Waals surface area contributed by atoms with Gasteiger partial charge in [-0.25, -0.2) is 4.79 Å². The van der Waals surface area contributed by atoms with Crippen LogP contribution in [0.2, 0.25) is 0 Å². The predicted molar refractivity (Wildman–Crippen MR) is 142 cm³/mol. The molecule has 0 aliphatic heterocycles. The third-order valence-electron chi connectivity index (χ3n) is 5.26. The molecule has 5 atom stereocenters. The van der Waals surface area contributed by atoms with Gasteiger partial charge in [-0.15, -0.1) is 0 Å². The number of nitrogens with zero attached hydrogens (tertiary/aromatic N) is 2. The maximum atomic E-state index is 13.1. The fourth-order valence-corrected chi connectivity index (χ4v) is 3.35. The van der Waals surface area contributed by atoms with Crippen molar-refractivity contribution in [1.29, 1.82) is 0 Å². The average molecular weight is 545 g/mol. The van der Waals surface area contributed by atoms with Crippen LogP contribution in [0.4, 0.5) is 0 Å². The van der Waals surface area contributed by atoms with Gasteiger partial charge in [-0.2, -0.15) is 0 Å². The first-order chi connectivity index (χ1) is 17.6. The molecule has 0 fully saturated rings. The van der Waals surface area contributed by atoms with Crippen LogP contribution in [0.15, 0.2) is 9.98 Å². The number of guanidine groups is 2. The van der Waals surface area contributed by atoms with E-state index in [0.717, 1.165) is 0 Å². The standard InChI is InChI=1S/C22H44N10O6/c1-11(2)10-13(23)17(34)30-14(6-4-8-28-21(24)25)18(35)32-16(12(3)33)19(36)31-15(20(37)38)7-5-9-29-22(26)27/h11-16,33H,4-10,23H2,1-3H3,(H,30,34)(H,31,36)(H,32,35)(H,37,38)(H4,24,25,28)(H4,26,27,29). The molecule has 0 aromatic rings. The van der Waals surface area contributed by atoms with Gasteiger partial charge in [0.1, 0.15) is 18.1 Å². The SMILES string of the molecule is CC(C)CC(N)C(=O)NC(CCCN=C(N)N)C(=O)NC(C(=O)NC(CCCN=C(N)N)C(=O)O)C(C)O. The van der Waals surface area contributed by atoms with Gasteiger partial charge in [0.15, 0.2) is 11.9 Å². The van der Waals surface area contributed by atoms with Crippen molar-refractivity contribution in [3.05, 3.63) is 0 Å². The predicted octanol–water partition coefficient (Wildman–Crippen LogP) is -3.61. The number of aliphatic hydroxyl groups is 1. The molecule has 16 nitrogen and oxygen atoms in total. The normalized spacial score (nSPS) is 14.8. The van der Waals surface area contributed by atoms with Gasteiger partial charge in [-0.3, -0.25) is 24.4 Å². The van der Waals surface area contributed by atoms with E-state index in [0.29, 0.717) is 12.8 Å². The Morgan fingerprint density at radius 1 is 0.763 bits per heavy atom. The second-order valence-electron chi connectivity index (χ2n) is 9.32. The van der Waals surface area contributed by atoms with Crippen molar-refractivity contribution in [3.63, 3.8) is 0 Å². The van der Waals surface area contributed by atoms with Gasteiger partial charge < -0.3 is 54.8 Å². The Labute approximate surface area is 222 Å². The summed E-state index contributed by atoms with van der Waals surface area (Å²) in [4.78, 5) is 57.7. The molecule has 0 saturated carbocycles. The number of rotatable bonds is 18. The van der Waals surface area contributed by atoms with Crippen LogP contribution in [0, 0.1) is 5.92 Å². The Bertz CT molecular complexity index is 840. The summed E-state index contributed by atoms with van der Waals surface area (Å²) in [5, 5.41) is 26.9. The number of amides is 3. The molecule has 5 unspecified atom stereocenters. The highest BCUT2D eigenvalue weighted by Crippen LogP contribution is 2.07. The summed E-state index contributed by atoms with van der Waals surface area (Å²) in [6, 6.07) is -4.82. The third kappa shape index (κ3) is 14.8. The molecule has 0 heterocycles. The number of aliphatic hydroxyl groups excluding tert-OH is 1. The van der Waals surface area contributed by atoms with Crippen LogP contribution in [0.25, 0.3) is 0 Å². The van der Waals surface area contributed by atoms with E-state index in [4.69, 9.17) is 28.7 Å². The lowest BCUT2D eigenvalue weighted by atomic mass is 10.0. The van der Waals surface area contributed by atoms with E-state index in [1.165, 1.54) is 6.92 Å². The molecule has 38 heavy (non-hydrogen) atoms. The highest BCUT2D eigenvalue weighted by atomic mass is 16.4. The van der Waals surface area contributed by atoms with Crippen molar-refractivity contribution in [1.82, 2.24) is 16.0 Å². The smallest absolute Gasteiger partial charge is 0.326 e. The number of hydrogen-bond acceptors (Lipinski definition) is 8. The number of carbonyl (C=O) groups excluding carboxylic acids is 3. The summed E-state index contributed by atoms with van der Waals surface area (Å²) >= 11 is 0. The Hall–Kier alpha value is -3.66. The van der Waals surface area contributed by atoms with Gasteiger partial charge in [-0.1, -0.05) is 13.8 Å². The van der Waals surface area contributed by atoms with Crippen molar-refractivity contribution >= 4 is 35.6 Å². The molecule has 0 radical (unpaired) electrons. The van der Waals surface area contributed by atoms with E-state index in [2.05, 4.69) is 25.9 Å². The quantitative estimate of drug-likeness (QED) is 0.0456. The molecule has 15 N–H and O–H groups in total. The van der Waals surface area contributed by atoms with Crippen LogP contribution in [0.5, 0.6) is 0 Å². The van der Waals surface area contributed by atoms with E-state index in [-0.39, 0.29) is 50.2 Å². The minimum atomic E-state index is -1.51. The molecule has 218 valence electrons. The van der Waals surface area contributed by atoms with Crippen LogP contribution in [-0.4, -0.2) is 89.2 Å². The van der Waals surface area contributed by atoms with Gasteiger partial charge in [0.25, 0.3) is 0 Å². The Balaban J connectivity index is 5.50. The van der Waals surface area contributed by atoms with Crippen molar-refractivity contribution in [2.75, 3.05) is 13.1 Å². The van der Waals surface area contributed by atoms with Crippen LogP contribution >= 0.6 is 0 Å². The molecule has 0 aliphatic carbocycles. The summed E-state index contributed by atoms with van der Waals surface area (Å²) in [6.07, 6.45) is -0.363. The van der Waals surface area contributed by atoms with Crippen molar-refractivity contribution < 1.29 is 29.4 Å². The highest BCUT2D eigenvalue weighted by Gasteiger charge is 2.32. The zero-order chi connectivity index (χ0) is 29.4. The topological polar surface area (TPSA) is 300 Å². The Morgan fingerprint density at radius 3 is 1.66 bits per heavy atom. The summed E-state index contributed by atoms with van der Waals surface area (Å²) < 4.78 is 0. The van der Waals surface area contributed by atoms with Gasteiger partial charge in [0.2, 0.25) is 17.7 Å². The van der Waals surface area contributed by atoms with Gasteiger partial charge in [-0.05, 0) is 44.9 Å². The van der Waals surface area contributed by atoms with Gasteiger partial charge in [0, 0.05) is 13.1 Å². The number of hydrogen-bond donors (Lipinski definition) is 10. The van der Waals surface area contributed by atoms with E-state index in [1.807, 2.05) is 13.8 Å². The summed E-state index contributed by atoms with van der Waals surface area (Å²) in [6.45, 7) is 5.37. The third-order valence-corrected chi connectivity index (χ3v) is 5.26. The number of carboxylic acid groups (broad SMARTS) is 1. The Morgan fingerprint density at radius 2 is 1.24 bits per heavy atom. The lowest BCUT2D eigenvalue weighted by Crippen LogP contribution is -2.59. The number of carboxylic acids is 1. The van der Waals surface area contributed by atoms with Crippen LogP contribution in [-0.2, 0) is 19.2 Å². The minimum Gasteiger partial charge on any atom is -0.480 e. The van der Waals surface area contributed by atoms with Crippen LogP contribution in [0.3, 0.4) is 0 Å². The second kappa shape index (κ2) is 17.7. The number of carbonyl (C=O) groups is 4. The molecule has 0 aliphatic rings. The monoisotopic (exact) mass is 544 g/mol. The molecule has 0 rings (SSSR count). The maximum Gasteiger partial charge on any atom is 0.326 e. The molecular formula is C22H44N10O6. The molecule has 0 aromatic carbocycles. The van der Waals surface area contributed by atoms with Gasteiger partial charge in [0.05, 0.1) is 12.1 Å². The van der Waals surface area contributed by atoms with Crippen molar-refractivity contribution in [2.45, 2.75) is 83.1 Å². The first-order valence-electron chi connectivity index (χ1n) is 12.3. The fourth-order valence-electron chi connectivity index (χ4n) is 3.35. The Kier molecular flexibility index (Phi) is 16.0. The zero-order valence-electron chi connectivity index (χ0n) is 22.2. The fraction of sp³-hybridized carbons (Fsp3) is 0.727. The molecular weight excluding hydrogens is 500 g/mol. The second-order valence-corrected chi connectivity index (χ2v) is 9.32. The first-order valence-corrected chi connectivity index (χ1v) is 12.3. The number of aliphatic carboxylic acids is 1. The number of nitrogens with two attached hydrogens (primary N) is 5. The van der Waals surface area contributed by atoms with Crippen LogP contribution < -0.4 is 44.6 Å². The molecule has 0 spiro atoms. The molecule has 0 aromatic heterocycles. The van der Waals surface area contributed by atoms with E-state index in [1.54, 1.807) is 0 Å². The summed E-state index contributed by atoms with van der Waals surface area (Å²) in [5.74, 6) is -3.73. The molecule has 16 heteroatoms. The first kappa shape index (κ1) is 34.3. The lowest BCUT2D eigenvalue weighted by molar-refractivity contribution is -0.143. The maximum absolute atomic E-state index is 13.1. The summed E-state index contributed by atoms with van der Waals surface area (Å²) in [5.41, 5.74) is 27.0. The molecule has 3 amide bonds. The van der Waals surface area contributed by atoms with E-state index in [9.17, 15) is 29.4 Å².